The Labute approximate surface area is 469 Å². The van der Waals surface area contributed by atoms with Crippen molar-refractivity contribution < 1.29 is 29.0 Å². The Morgan fingerprint density at radius 1 is 0.662 bits per heavy atom. The summed E-state index contributed by atoms with van der Waals surface area (Å²) >= 11 is 16.6. The van der Waals surface area contributed by atoms with Crippen molar-refractivity contribution in [2.24, 2.45) is 14.1 Å². The summed E-state index contributed by atoms with van der Waals surface area (Å²) in [6, 6.07) is 19.6. The van der Waals surface area contributed by atoms with Crippen LogP contribution in [0.25, 0.3) is 22.2 Å². The van der Waals surface area contributed by atoms with Gasteiger partial charge in [0.25, 0.3) is 0 Å². The third-order valence-corrected chi connectivity index (χ3v) is 15.0. The van der Waals surface area contributed by atoms with E-state index in [0.29, 0.717) is 60.7 Å². The largest absolute Gasteiger partial charge is 0.444 e. The van der Waals surface area contributed by atoms with E-state index in [2.05, 4.69) is 53.9 Å². The number of amides is 2. The Morgan fingerprint density at radius 3 is 1.55 bits per heavy atom. The number of rotatable bonds is 5. The molecular weight excluding hydrogens is 1080 g/mol. The van der Waals surface area contributed by atoms with E-state index in [4.69, 9.17) is 42.6 Å². The van der Waals surface area contributed by atoms with Gasteiger partial charge in [-0.05, 0) is 143 Å². The molecule has 0 saturated carbocycles. The Balaban J connectivity index is 0.000000178. The van der Waals surface area contributed by atoms with E-state index >= 15 is 0 Å². The van der Waals surface area contributed by atoms with Crippen LogP contribution >= 0.6 is 39.1 Å². The Bertz CT molecular complexity index is 3200. The van der Waals surface area contributed by atoms with Crippen LogP contribution in [0.5, 0.6) is 0 Å². The molecule has 2 aliphatic carbocycles. The lowest BCUT2D eigenvalue weighted by atomic mass is 9.91. The highest BCUT2D eigenvalue weighted by molar-refractivity contribution is 9.15. The van der Waals surface area contributed by atoms with Gasteiger partial charge < -0.3 is 33.5 Å². The van der Waals surface area contributed by atoms with Crippen molar-refractivity contribution in [3.05, 3.63) is 163 Å². The number of carbonyl (C=O) groups excluding carboxylic acids is 3. The fraction of sp³-hybridized carbons (Fsp3) is 0.397. The molecule has 16 nitrogen and oxygen atoms in total. The average molecular weight is 1150 g/mol. The van der Waals surface area contributed by atoms with Gasteiger partial charge in [-0.15, -0.1) is 0 Å². The number of ether oxygens (including phenoxy) is 2. The van der Waals surface area contributed by atoms with Gasteiger partial charge in [0.15, 0.2) is 6.29 Å². The number of aldehydes is 1. The first-order valence-electron chi connectivity index (χ1n) is 25.6. The number of aryl methyl sites for hydroxylation is 2. The number of imidazole rings is 2. The van der Waals surface area contributed by atoms with Gasteiger partial charge >= 0.3 is 12.2 Å². The van der Waals surface area contributed by atoms with E-state index < -0.39 is 17.3 Å². The van der Waals surface area contributed by atoms with Crippen molar-refractivity contribution >= 4 is 79.8 Å². The van der Waals surface area contributed by atoms with Crippen molar-refractivity contribution in [2.75, 3.05) is 52.4 Å². The summed E-state index contributed by atoms with van der Waals surface area (Å²) in [6.07, 6.45) is 10.4. The van der Waals surface area contributed by atoms with Crippen LogP contribution in [0.1, 0.15) is 132 Å². The van der Waals surface area contributed by atoms with E-state index in [1.54, 1.807) is 33.0 Å². The molecular formula is C58H67BrCl2N10O6. The van der Waals surface area contributed by atoms with Gasteiger partial charge in [-0.25, -0.2) is 19.6 Å². The first-order chi connectivity index (χ1) is 36.5. The number of pyridine rings is 2. The fourth-order valence-corrected chi connectivity index (χ4v) is 10.7. The molecule has 3 atom stereocenters. The standard InChI is InChI=1S/C29H34ClN5O3.C23H25BrClN3O2.C6H8N2O/c1-18-32-17-24(33(18)5)27(36)23-15-19-7-6-10-31-25(19)26(21-9-8-20(30)16-22(21)23)34-11-13-35(14-12-34)28(37)38-29(2,3)4;1-23(2,3)30-22(29)28-11-9-27(10-12-28)21-17-7-6-16(25)14-18(17)19(24)13-15-5-4-8-26-20(15)21;1-5-7-3-6(4-9)8(5)2/h6-10,15-17,26-27,36H,11-14H2,1-5H3;4-8,13-14,21H,9-12H2,1-3H3;3-4H,1-2H3/t26-,27?;21-;/m00./s1. The molecule has 406 valence electrons. The number of carbonyl (C=O) groups is 3. The van der Waals surface area contributed by atoms with Gasteiger partial charge in [0.05, 0.1) is 41.6 Å². The number of halogens is 3. The third-order valence-electron chi connectivity index (χ3n) is 13.9. The predicted octanol–water partition coefficient (Wildman–Crippen LogP) is 11.1. The van der Waals surface area contributed by atoms with Gasteiger partial charge in [0, 0.05) is 93.4 Å². The highest BCUT2D eigenvalue weighted by Crippen LogP contribution is 2.45. The zero-order valence-corrected chi connectivity index (χ0v) is 48.4. The average Bonchev–Trinajstić information content (AvgIpc) is 3.84. The van der Waals surface area contributed by atoms with E-state index in [-0.39, 0.29) is 24.3 Å². The van der Waals surface area contributed by atoms with Crippen LogP contribution in [0.3, 0.4) is 0 Å². The molecule has 2 aromatic carbocycles. The summed E-state index contributed by atoms with van der Waals surface area (Å²) in [5.41, 5.74) is 9.10. The number of nitrogens with zero attached hydrogens (tertiary/aromatic N) is 10. The number of piperazine rings is 2. The molecule has 10 rings (SSSR count). The molecule has 4 aromatic heterocycles. The molecule has 2 saturated heterocycles. The van der Waals surface area contributed by atoms with Crippen LogP contribution in [0.4, 0.5) is 9.59 Å². The second-order valence-electron chi connectivity index (χ2n) is 21.4. The molecule has 1 N–H and O–H groups in total. The molecule has 4 aliphatic rings. The Hall–Kier alpha value is -6.21. The van der Waals surface area contributed by atoms with E-state index in [1.165, 1.54) is 0 Å². The molecule has 6 aromatic rings. The Morgan fingerprint density at radius 2 is 1.12 bits per heavy atom. The van der Waals surface area contributed by atoms with Crippen molar-refractivity contribution in [2.45, 2.75) is 84.8 Å². The monoisotopic (exact) mass is 1150 g/mol. The predicted molar refractivity (Wildman–Crippen MR) is 305 cm³/mol. The number of fused-ring (bicyclic) bond motifs is 4. The SMILES string of the molecule is CC(C)(C)OC(=O)N1CCN([C@H]2c3ccc(Cl)cc3C(Br)=Cc3cccnc32)CC1.Cc1ncc(C(O)C2=Cc3cccnc3[C@@H](N3CCN(C(=O)OC(C)(C)C)CC3)c3ccc(Cl)cc32)n1C.Cc1ncc(C=O)n1C. The molecule has 2 fully saturated rings. The zero-order valence-electron chi connectivity index (χ0n) is 45.3. The van der Waals surface area contributed by atoms with E-state index in [9.17, 15) is 19.5 Å². The van der Waals surface area contributed by atoms with Gasteiger partial charge in [-0.3, -0.25) is 24.6 Å². The third kappa shape index (κ3) is 13.2. The molecule has 0 radical (unpaired) electrons. The lowest BCUT2D eigenvalue weighted by Crippen LogP contribution is -2.51. The molecule has 77 heavy (non-hydrogen) atoms. The quantitative estimate of drug-likeness (QED) is 0.163. The molecule has 6 heterocycles. The minimum Gasteiger partial charge on any atom is -0.444 e. The number of hydrogen-bond donors (Lipinski definition) is 1. The van der Waals surface area contributed by atoms with E-state index in [1.807, 2.05) is 135 Å². The summed E-state index contributed by atoms with van der Waals surface area (Å²) in [5, 5.41) is 12.9. The molecule has 1 unspecified atom stereocenters. The highest BCUT2D eigenvalue weighted by Gasteiger charge is 2.37. The van der Waals surface area contributed by atoms with Crippen LogP contribution in [0, 0.1) is 13.8 Å². The normalized spacial score (nSPS) is 17.9. The summed E-state index contributed by atoms with van der Waals surface area (Å²) in [4.78, 5) is 61.5. The molecule has 2 aliphatic heterocycles. The number of aliphatic hydroxyl groups is 1. The maximum Gasteiger partial charge on any atom is 0.410 e. The molecule has 0 bridgehead atoms. The second kappa shape index (κ2) is 23.8. The van der Waals surface area contributed by atoms with Crippen LogP contribution in [0.2, 0.25) is 10.0 Å². The lowest BCUT2D eigenvalue weighted by Gasteiger charge is -2.40. The first-order valence-corrected chi connectivity index (χ1v) is 27.2. The maximum atomic E-state index is 12.7. The van der Waals surface area contributed by atoms with Gasteiger partial charge in [-0.1, -0.05) is 63.4 Å². The smallest absolute Gasteiger partial charge is 0.410 e. The summed E-state index contributed by atoms with van der Waals surface area (Å²) in [5.74, 6) is 1.68. The van der Waals surface area contributed by atoms with Gasteiger partial charge in [0.1, 0.15) is 34.6 Å². The van der Waals surface area contributed by atoms with Crippen LogP contribution in [-0.4, -0.2) is 136 Å². The number of aromatic nitrogens is 6. The topological polar surface area (TPSA) is 164 Å². The van der Waals surface area contributed by atoms with Gasteiger partial charge in [0.2, 0.25) is 0 Å². The fourth-order valence-electron chi connectivity index (χ4n) is 9.81. The zero-order chi connectivity index (χ0) is 55.5. The highest BCUT2D eigenvalue weighted by atomic mass is 79.9. The van der Waals surface area contributed by atoms with Crippen LogP contribution in [0.15, 0.2) is 85.5 Å². The van der Waals surface area contributed by atoms with Crippen molar-refractivity contribution in [3.8, 4) is 0 Å². The summed E-state index contributed by atoms with van der Waals surface area (Å²) in [6.45, 7) is 20.2. The maximum absolute atomic E-state index is 12.7. The first kappa shape index (κ1) is 57.0. The van der Waals surface area contributed by atoms with Crippen molar-refractivity contribution in [3.63, 3.8) is 0 Å². The van der Waals surface area contributed by atoms with Gasteiger partial charge in [-0.2, -0.15) is 0 Å². The number of benzene rings is 2. The van der Waals surface area contributed by atoms with Crippen molar-refractivity contribution in [1.82, 2.24) is 48.7 Å². The minimum atomic E-state index is -0.908. The van der Waals surface area contributed by atoms with Crippen LogP contribution < -0.4 is 0 Å². The molecule has 0 spiro atoms. The van der Waals surface area contributed by atoms with Crippen LogP contribution in [-0.2, 0) is 23.6 Å². The molecule has 2 amide bonds. The van der Waals surface area contributed by atoms with Crippen molar-refractivity contribution in [1.29, 1.82) is 0 Å². The number of hydrogen-bond acceptors (Lipinski definition) is 12. The summed E-state index contributed by atoms with van der Waals surface area (Å²) in [7, 11) is 3.71. The Kier molecular flexibility index (Phi) is 17.6. The minimum absolute atomic E-state index is 0.0134. The molecule has 19 heteroatoms. The summed E-state index contributed by atoms with van der Waals surface area (Å²) < 4.78 is 15.8. The number of aliphatic hydroxyl groups excluding tert-OH is 1. The van der Waals surface area contributed by atoms with E-state index in [0.717, 1.165) is 85.8 Å². The second-order valence-corrected chi connectivity index (χ2v) is 23.1. The lowest BCUT2D eigenvalue weighted by molar-refractivity contribution is 0.0109.